The summed E-state index contributed by atoms with van der Waals surface area (Å²) >= 11 is 0. The lowest BCUT2D eigenvalue weighted by molar-refractivity contribution is 0.0419. The Hall–Kier alpha value is -2.51. The molecule has 0 unspecified atom stereocenters. The fourth-order valence-corrected chi connectivity index (χ4v) is 3.80. The summed E-state index contributed by atoms with van der Waals surface area (Å²) in [7, 11) is 0. The molecule has 1 aliphatic rings. The topological polar surface area (TPSA) is 70.6 Å². The van der Waals surface area contributed by atoms with Crippen LogP contribution >= 0.6 is 0 Å². The van der Waals surface area contributed by atoms with E-state index in [9.17, 15) is 18.7 Å². The Morgan fingerprint density at radius 3 is 2.38 bits per heavy atom. The average Bonchev–Trinajstić information content (AvgIpc) is 3.44. The van der Waals surface area contributed by atoms with Gasteiger partial charge in [0, 0.05) is 18.2 Å². The second-order valence-electron chi connectivity index (χ2n) is 9.63. The second kappa shape index (κ2) is 9.55. The van der Waals surface area contributed by atoms with Crippen molar-refractivity contribution in [1.29, 1.82) is 0 Å². The summed E-state index contributed by atoms with van der Waals surface area (Å²) < 4.78 is 32.7. The van der Waals surface area contributed by atoms with Gasteiger partial charge in [-0.2, -0.15) is 0 Å². The van der Waals surface area contributed by atoms with Gasteiger partial charge >= 0.3 is 6.09 Å². The van der Waals surface area contributed by atoms with Crippen LogP contribution in [0, 0.1) is 18.6 Å². The number of ether oxygens (including phenoxy) is 1. The summed E-state index contributed by atoms with van der Waals surface area (Å²) in [5, 5.41) is 17.0. The first kappa shape index (κ1) is 24.1. The summed E-state index contributed by atoms with van der Waals surface area (Å²) in [5.41, 5.74) is 1.74. The SMILES string of the molecule is Cc1cccc(C2(NC[C@@H](O)[C@H](Cc3cc(F)cc(F)c3)NC(=O)OC(C)(C)C)CC2)c1. The predicted molar refractivity (Wildman–Crippen MR) is 119 cm³/mol. The number of aliphatic hydroxyl groups is 1. The van der Waals surface area contributed by atoms with Crippen LogP contribution in [0.1, 0.15) is 50.3 Å². The van der Waals surface area contributed by atoms with Gasteiger partial charge in [0.2, 0.25) is 0 Å². The van der Waals surface area contributed by atoms with Crippen LogP contribution in [0.4, 0.5) is 13.6 Å². The van der Waals surface area contributed by atoms with Crippen molar-refractivity contribution in [2.45, 2.75) is 70.2 Å². The number of nitrogens with one attached hydrogen (secondary N) is 2. The van der Waals surface area contributed by atoms with Gasteiger partial charge in [0.25, 0.3) is 0 Å². The minimum Gasteiger partial charge on any atom is -0.444 e. The van der Waals surface area contributed by atoms with E-state index >= 15 is 0 Å². The Kier molecular flexibility index (Phi) is 7.20. The summed E-state index contributed by atoms with van der Waals surface area (Å²) in [6.07, 6.45) is 0.244. The van der Waals surface area contributed by atoms with Gasteiger partial charge in [0.15, 0.2) is 0 Å². The van der Waals surface area contributed by atoms with Gasteiger partial charge in [-0.15, -0.1) is 0 Å². The summed E-state index contributed by atoms with van der Waals surface area (Å²) in [6.45, 7) is 7.44. The van der Waals surface area contributed by atoms with Crippen LogP contribution in [0.2, 0.25) is 0 Å². The Bertz CT molecular complexity index is 934. The Morgan fingerprint density at radius 1 is 1.16 bits per heavy atom. The highest BCUT2D eigenvalue weighted by atomic mass is 19.1. The van der Waals surface area contributed by atoms with Crippen LogP contribution in [0.25, 0.3) is 0 Å². The van der Waals surface area contributed by atoms with E-state index in [1.165, 1.54) is 12.1 Å². The third-order valence-corrected chi connectivity index (χ3v) is 5.51. The maximum atomic E-state index is 13.7. The van der Waals surface area contributed by atoms with Gasteiger partial charge in [-0.05, 0) is 70.2 Å². The van der Waals surface area contributed by atoms with Crippen molar-refractivity contribution in [3.8, 4) is 0 Å². The predicted octanol–water partition coefficient (Wildman–Crippen LogP) is 4.35. The number of hydrogen-bond donors (Lipinski definition) is 3. The Morgan fingerprint density at radius 2 is 1.81 bits per heavy atom. The first-order chi connectivity index (χ1) is 15.0. The van der Waals surface area contributed by atoms with E-state index in [0.29, 0.717) is 5.56 Å². The van der Waals surface area contributed by atoms with E-state index < -0.39 is 35.5 Å². The lowest BCUT2D eigenvalue weighted by Gasteiger charge is -2.28. The van der Waals surface area contributed by atoms with Crippen molar-refractivity contribution >= 4 is 6.09 Å². The van der Waals surface area contributed by atoms with Crippen LogP contribution < -0.4 is 10.6 Å². The van der Waals surface area contributed by atoms with Crippen molar-refractivity contribution in [3.63, 3.8) is 0 Å². The van der Waals surface area contributed by atoms with Crippen molar-refractivity contribution in [2.75, 3.05) is 6.54 Å². The van der Waals surface area contributed by atoms with Crippen molar-refractivity contribution in [3.05, 3.63) is 70.8 Å². The lowest BCUT2D eigenvalue weighted by atomic mass is 9.99. The number of carbonyl (C=O) groups is 1. The van der Waals surface area contributed by atoms with Crippen LogP contribution in [0.15, 0.2) is 42.5 Å². The largest absolute Gasteiger partial charge is 0.444 e. The third kappa shape index (κ3) is 6.74. The molecular weight excluding hydrogens is 414 g/mol. The number of aryl methyl sites for hydroxylation is 1. The van der Waals surface area contributed by atoms with Gasteiger partial charge in [-0.1, -0.05) is 29.8 Å². The minimum atomic E-state index is -1.00. The van der Waals surface area contributed by atoms with Gasteiger partial charge < -0.3 is 20.5 Å². The van der Waals surface area contributed by atoms with Crippen LogP contribution in [0.5, 0.6) is 0 Å². The molecule has 1 fully saturated rings. The van der Waals surface area contributed by atoms with Gasteiger partial charge in [0.05, 0.1) is 12.1 Å². The molecule has 2 aromatic rings. The molecule has 0 spiro atoms. The molecule has 1 aliphatic carbocycles. The zero-order valence-electron chi connectivity index (χ0n) is 19.0. The quantitative estimate of drug-likeness (QED) is 0.564. The van der Waals surface area contributed by atoms with Crippen LogP contribution in [-0.2, 0) is 16.7 Å². The molecule has 1 amide bonds. The number of halogens is 2. The highest BCUT2D eigenvalue weighted by molar-refractivity contribution is 5.68. The highest BCUT2D eigenvalue weighted by Crippen LogP contribution is 2.45. The fourth-order valence-electron chi connectivity index (χ4n) is 3.80. The number of carbonyl (C=O) groups excluding carboxylic acids is 1. The van der Waals surface area contributed by atoms with E-state index in [4.69, 9.17) is 4.74 Å². The zero-order chi connectivity index (χ0) is 23.5. The van der Waals surface area contributed by atoms with E-state index in [0.717, 1.165) is 30.0 Å². The first-order valence-corrected chi connectivity index (χ1v) is 10.9. The number of amides is 1. The molecule has 3 rings (SSSR count). The average molecular weight is 447 g/mol. The fraction of sp³-hybridized carbons (Fsp3) is 0.480. The Balaban J connectivity index is 1.72. The molecule has 5 nitrogen and oxygen atoms in total. The van der Waals surface area contributed by atoms with Crippen LogP contribution in [-0.4, -0.2) is 35.5 Å². The number of hydrogen-bond acceptors (Lipinski definition) is 4. The van der Waals surface area contributed by atoms with E-state index in [1.54, 1.807) is 20.8 Å². The van der Waals surface area contributed by atoms with Crippen LogP contribution in [0.3, 0.4) is 0 Å². The maximum Gasteiger partial charge on any atom is 0.407 e. The molecule has 2 aromatic carbocycles. The molecule has 174 valence electrons. The summed E-state index contributed by atoms with van der Waals surface area (Å²) in [6, 6.07) is 10.6. The second-order valence-corrected chi connectivity index (χ2v) is 9.63. The molecule has 0 radical (unpaired) electrons. The minimum absolute atomic E-state index is 0.0498. The summed E-state index contributed by atoms with van der Waals surface area (Å²) in [4.78, 5) is 12.4. The zero-order valence-corrected chi connectivity index (χ0v) is 19.0. The van der Waals surface area contributed by atoms with E-state index in [1.807, 2.05) is 19.1 Å². The van der Waals surface area contributed by atoms with Gasteiger partial charge in [-0.3, -0.25) is 0 Å². The summed E-state index contributed by atoms with van der Waals surface area (Å²) in [5.74, 6) is -1.42. The maximum absolute atomic E-state index is 13.7. The molecule has 0 heterocycles. The molecule has 0 aromatic heterocycles. The number of rotatable bonds is 8. The number of alkyl carbamates (subject to hydrolysis) is 1. The first-order valence-electron chi connectivity index (χ1n) is 10.9. The molecule has 2 atom stereocenters. The number of aliphatic hydroxyl groups excluding tert-OH is 1. The Labute approximate surface area is 188 Å². The van der Waals surface area contributed by atoms with E-state index in [2.05, 4.69) is 22.8 Å². The molecule has 0 bridgehead atoms. The molecule has 0 saturated heterocycles. The number of benzene rings is 2. The van der Waals surface area contributed by atoms with Crippen molar-refractivity contribution in [2.24, 2.45) is 0 Å². The molecule has 0 aliphatic heterocycles. The monoisotopic (exact) mass is 446 g/mol. The third-order valence-electron chi connectivity index (χ3n) is 5.51. The molecule has 7 heteroatoms. The standard InChI is InChI=1S/C25H32F2N2O3/c1-16-6-5-7-18(10-16)25(8-9-25)28-15-22(30)21(29-23(31)32-24(2,3)4)13-17-11-19(26)14-20(27)12-17/h5-7,10-12,14,21-22,28,30H,8-9,13,15H2,1-4H3,(H,29,31)/t21-,22+/m0/s1. The molecular formula is C25H32F2N2O3. The lowest BCUT2D eigenvalue weighted by Crippen LogP contribution is -2.51. The van der Waals surface area contributed by atoms with E-state index in [-0.39, 0.29) is 18.5 Å². The molecule has 3 N–H and O–H groups in total. The normalized spacial score (nSPS) is 16.8. The van der Waals surface area contributed by atoms with Gasteiger partial charge in [0.1, 0.15) is 17.2 Å². The highest BCUT2D eigenvalue weighted by Gasteiger charge is 2.44. The molecule has 32 heavy (non-hydrogen) atoms. The van der Waals surface area contributed by atoms with Gasteiger partial charge in [-0.25, -0.2) is 13.6 Å². The molecule has 1 saturated carbocycles. The van der Waals surface area contributed by atoms with Crippen molar-refractivity contribution < 1.29 is 23.4 Å². The smallest absolute Gasteiger partial charge is 0.407 e. The van der Waals surface area contributed by atoms with Crippen molar-refractivity contribution in [1.82, 2.24) is 10.6 Å².